The quantitative estimate of drug-likeness (QED) is 0.445. The fraction of sp³-hybridized carbons (Fsp3) is 0.190. The van der Waals surface area contributed by atoms with Gasteiger partial charge in [-0.15, -0.1) is 0 Å². The van der Waals surface area contributed by atoms with E-state index in [1.807, 2.05) is 31.2 Å². The Morgan fingerprint density at radius 1 is 1.26 bits per heavy atom. The molecule has 0 fully saturated rings. The zero-order valence-electron chi connectivity index (χ0n) is 15.3. The third-order valence-corrected chi connectivity index (χ3v) is 4.58. The molecule has 0 aliphatic rings. The van der Waals surface area contributed by atoms with Crippen molar-refractivity contribution in [3.05, 3.63) is 57.9 Å². The van der Waals surface area contributed by atoms with E-state index in [2.05, 4.69) is 9.97 Å². The van der Waals surface area contributed by atoms with Gasteiger partial charge in [-0.2, -0.15) is 0 Å². The van der Waals surface area contributed by atoms with Gasteiger partial charge in [0.15, 0.2) is 11.0 Å². The van der Waals surface area contributed by atoms with Crippen molar-refractivity contribution in [1.82, 2.24) is 4.98 Å². The summed E-state index contributed by atoms with van der Waals surface area (Å²) in [5.74, 6) is 1.09. The lowest BCUT2D eigenvalue weighted by atomic mass is 10.0. The van der Waals surface area contributed by atoms with Crippen molar-refractivity contribution in [2.75, 3.05) is 0 Å². The molecule has 0 saturated heterocycles. The summed E-state index contributed by atoms with van der Waals surface area (Å²) in [6, 6.07) is 11.1. The average molecular weight is 363 g/mol. The Kier molecular flexibility index (Phi) is 4.03. The van der Waals surface area contributed by atoms with E-state index in [-0.39, 0.29) is 5.43 Å². The summed E-state index contributed by atoms with van der Waals surface area (Å²) in [5, 5.41) is 0.454. The summed E-state index contributed by atoms with van der Waals surface area (Å²) in [6.45, 7) is 5.03. The van der Waals surface area contributed by atoms with Crippen molar-refractivity contribution >= 4 is 28.0 Å². The topological polar surface area (TPSA) is 86.4 Å². The Morgan fingerprint density at radius 3 is 2.74 bits per heavy atom. The van der Waals surface area contributed by atoms with Gasteiger partial charge in [0, 0.05) is 13.0 Å². The molecule has 2 N–H and O–H groups in total. The first kappa shape index (κ1) is 17.0. The Bertz CT molecular complexity index is 1220. The number of carbonyl (C=O) groups excluding carboxylic acids is 1. The summed E-state index contributed by atoms with van der Waals surface area (Å²) in [4.78, 5) is 31.1. The molecule has 2 aromatic carbocycles. The number of para-hydroxylation sites is 2. The highest BCUT2D eigenvalue weighted by molar-refractivity contribution is 5.85. The molecule has 0 aliphatic carbocycles. The number of hydrogen-bond acceptors (Lipinski definition) is 4. The van der Waals surface area contributed by atoms with Crippen LogP contribution in [0.5, 0.6) is 5.75 Å². The molecule has 4 rings (SSSR count). The first-order valence-electron chi connectivity index (χ1n) is 8.77. The number of fused-ring (bicyclic) bond motifs is 2. The number of aromatic nitrogens is 2. The van der Waals surface area contributed by atoms with Crippen LogP contribution in [0, 0.1) is 6.92 Å². The van der Waals surface area contributed by atoms with Crippen LogP contribution in [-0.2, 0) is 11.2 Å². The zero-order valence-corrected chi connectivity index (χ0v) is 15.3. The van der Waals surface area contributed by atoms with Crippen LogP contribution in [0.4, 0.5) is 0 Å². The Labute approximate surface area is 154 Å². The van der Waals surface area contributed by atoms with Crippen LogP contribution in [0.15, 0.2) is 45.6 Å². The van der Waals surface area contributed by atoms with Crippen molar-refractivity contribution < 1.29 is 18.9 Å². The van der Waals surface area contributed by atoms with Gasteiger partial charge in [-0.25, -0.2) is 9.97 Å². The molecule has 0 unspecified atom stereocenters. The minimum absolute atomic E-state index is 0.138. The Balaban J connectivity index is 1.97. The van der Waals surface area contributed by atoms with Crippen LogP contribution in [0.1, 0.15) is 25.2 Å². The molecule has 0 spiro atoms. The van der Waals surface area contributed by atoms with Gasteiger partial charge in [0.25, 0.3) is 5.82 Å². The number of imidazole rings is 1. The third kappa shape index (κ3) is 2.89. The average Bonchev–Trinajstić information content (AvgIpc) is 3.04. The Hall–Kier alpha value is -3.41. The molecular weight excluding hydrogens is 344 g/mol. The summed E-state index contributed by atoms with van der Waals surface area (Å²) >= 11 is 0. The largest absolute Gasteiger partial charge is 0.460 e. The van der Waals surface area contributed by atoms with Gasteiger partial charge in [0.1, 0.15) is 22.7 Å². The number of ether oxygens (including phenoxy) is 1. The summed E-state index contributed by atoms with van der Waals surface area (Å²) < 4.78 is 11.2. The molecule has 0 amide bonds. The molecule has 0 atom stereocenters. The second-order valence-electron chi connectivity index (χ2n) is 6.44. The molecule has 27 heavy (non-hydrogen) atoms. The second-order valence-corrected chi connectivity index (χ2v) is 6.44. The number of esters is 1. The van der Waals surface area contributed by atoms with Crippen molar-refractivity contribution in [3.8, 4) is 17.1 Å². The smallest absolute Gasteiger partial charge is 0.308 e. The fourth-order valence-corrected chi connectivity index (χ4v) is 3.32. The summed E-state index contributed by atoms with van der Waals surface area (Å²) in [6.07, 6.45) is 0.625. The number of aryl methyl sites for hydroxylation is 2. The molecule has 2 aromatic heterocycles. The van der Waals surface area contributed by atoms with Gasteiger partial charge in [-0.05, 0) is 37.1 Å². The van der Waals surface area contributed by atoms with Gasteiger partial charge < -0.3 is 9.15 Å². The van der Waals surface area contributed by atoms with E-state index in [4.69, 9.17) is 9.15 Å². The number of hydrogen-bond donors (Lipinski definition) is 1. The van der Waals surface area contributed by atoms with Crippen LogP contribution < -0.4 is 15.1 Å². The number of H-pyrrole nitrogens is 2. The SMILES string of the molecule is CCc1cc2c(=O)c(-c3[nH]c4ccccc4[nH+]3)c(C)oc2cc1OC(C)=O. The van der Waals surface area contributed by atoms with Crippen molar-refractivity contribution in [2.24, 2.45) is 0 Å². The number of carbonyl (C=O) groups is 1. The van der Waals surface area contributed by atoms with E-state index in [1.165, 1.54) is 6.92 Å². The molecule has 4 aromatic rings. The van der Waals surface area contributed by atoms with Gasteiger partial charge in [-0.3, -0.25) is 9.59 Å². The van der Waals surface area contributed by atoms with Gasteiger partial charge in [-0.1, -0.05) is 19.1 Å². The number of nitrogens with one attached hydrogen (secondary N) is 2. The molecule has 6 nitrogen and oxygen atoms in total. The lowest BCUT2D eigenvalue weighted by Crippen LogP contribution is -2.14. The van der Waals surface area contributed by atoms with Crippen LogP contribution in [0.25, 0.3) is 33.4 Å². The van der Waals surface area contributed by atoms with E-state index in [1.54, 1.807) is 19.1 Å². The molecule has 136 valence electrons. The maximum atomic E-state index is 13.2. The molecule has 0 bridgehead atoms. The minimum Gasteiger partial charge on any atom is -0.460 e. The maximum Gasteiger partial charge on any atom is 0.308 e. The molecule has 0 aliphatic heterocycles. The molecule has 0 saturated carbocycles. The predicted molar refractivity (Wildman–Crippen MR) is 102 cm³/mol. The molecular formula is C21H19N2O4+. The highest BCUT2D eigenvalue weighted by Crippen LogP contribution is 2.28. The van der Waals surface area contributed by atoms with Crippen LogP contribution in [-0.4, -0.2) is 11.0 Å². The number of aromatic amines is 2. The summed E-state index contributed by atoms with van der Waals surface area (Å²) in [7, 11) is 0. The van der Waals surface area contributed by atoms with Crippen LogP contribution in [0.3, 0.4) is 0 Å². The van der Waals surface area contributed by atoms with E-state index in [0.29, 0.717) is 40.3 Å². The molecule has 0 radical (unpaired) electrons. The van der Waals surface area contributed by atoms with Crippen molar-refractivity contribution in [3.63, 3.8) is 0 Å². The monoisotopic (exact) mass is 363 g/mol. The predicted octanol–water partition coefficient (Wildman–Crippen LogP) is 3.55. The van der Waals surface area contributed by atoms with Gasteiger partial charge >= 0.3 is 5.97 Å². The second kappa shape index (κ2) is 6.39. The third-order valence-electron chi connectivity index (χ3n) is 4.58. The highest BCUT2D eigenvalue weighted by Gasteiger charge is 2.22. The first-order chi connectivity index (χ1) is 13.0. The fourth-order valence-electron chi connectivity index (χ4n) is 3.32. The normalized spacial score (nSPS) is 11.2. The number of rotatable bonds is 3. The van der Waals surface area contributed by atoms with Crippen LogP contribution >= 0.6 is 0 Å². The molecule has 2 heterocycles. The molecule has 6 heteroatoms. The maximum absolute atomic E-state index is 13.2. The van der Waals surface area contributed by atoms with E-state index in [0.717, 1.165) is 16.6 Å². The lowest BCUT2D eigenvalue weighted by Gasteiger charge is -2.10. The zero-order chi connectivity index (χ0) is 19.1. The standard InChI is InChI=1S/C21H18N2O4/c1-4-13-9-14-18(10-17(13)27-12(3)24)26-11(2)19(20(14)25)21-22-15-7-5-6-8-16(15)23-21/h5-10H,4H2,1-3H3,(H,22,23)/p+1. The highest BCUT2D eigenvalue weighted by atomic mass is 16.5. The van der Waals surface area contributed by atoms with E-state index < -0.39 is 5.97 Å². The van der Waals surface area contributed by atoms with Crippen molar-refractivity contribution in [2.45, 2.75) is 27.2 Å². The first-order valence-corrected chi connectivity index (χ1v) is 8.77. The minimum atomic E-state index is -0.410. The lowest BCUT2D eigenvalue weighted by molar-refractivity contribution is -0.330. The van der Waals surface area contributed by atoms with E-state index >= 15 is 0 Å². The number of benzene rings is 2. The van der Waals surface area contributed by atoms with Gasteiger partial charge in [0.05, 0.1) is 5.39 Å². The Morgan fingerprint density at radius 2 is 2.04 bits per heavy atom. The van der Waals surface area contributed by atoms with Crippen LogP contribution in [0.2, 0.25) is 0 Å². The van der Waals surface area contributed by atoms with Gasteiger partial charge in [0.2, 0.25) is 5.43 Å². The van der Waals surface area contributed by atoms with Crippen molar-refractivity contribution in [1.29, 1.82) is 0 Å². The summed E-state index contributed by atoms with van der Waals surface area (Å²) in [5.41, 5.74) is 3.31. The van der Waals surface area contributed by atoms with E-state index in [9.17, 15) is 9.59 Å².